The summed E-state index contributed by atoms with van der Waals surface area (Å²) in [5.74, 6) is 1.65. The summed E-state index contributed by atoms with van der Waals surface area (Å²) < 4.78 is 5.29. The smallest absolute Gasteiger partial charge is 0.407 e. The molecule has 2 fully saturated rings. The minimum atomic E-state index is -0.417. The Hall–Kier alpha value is -0.770. The molecule has 0 aromatic carbocycles. The molecular formula is C17H32N2O2. The minimum absolute atomic E-state index is 0.273. The van der Waals surface area contributed by atoms with Gasteiger partial charge >= 0.3 is 6.09 Å². The van der Waals surface area contributed by atoms with Crippen LogP contribution in [0.15, 0.2) is 0 Å². The maximum atomic E-state index is 11.7. The van der Waals surface area contributed by atoms with Crippen LogP contribution in [0.4, 0.5) is 4.79 Å². The fraction of sp³-hybridized carbons (Fsp3) is 0.941. The number of hydrogen-bond acceptors (Lipinski definition) is 3. The van der Waals surface area contributed by atoms with Crippen molar-refractivity contribution in [2.75, 3.05) is 0 Å². The van der Waals surface area contributed by atoms with Crippen molar-refractivity contribution in [1.82, 2.24) is 10.6 Å². The molecule has 1 amide bonds. The fourth-order valence-corrected chi connectivity index (χ4v) is 3.56. The second-order valence-electron chi connectivity index (χ2n) is 8.18. The van der Waals surface area contributed by atoms with Crippen molar-refractivity contribution in [2.24, 2.45) is 11.8 Å². The molecular weight excluding hydrogens is 264 g/mol. The molecule has 122 valence electrons. The Morgan fingerprint density at radius 2 is 1.71 bits per heavy atom. The van der Waals surface area contributed by atoms with E-state index in [1.54, 1.807) is 0 Å². The Bertz CT molecular complexity index is 358. The molecule has 0 aliphatic heterocycles. The first-order valence-corrected chi connectivity index (χ1v) is 8.48. The van der Waals surface area contributed by atoms with E-state index in [0.29, 0.717) is 12.1 Å². The molecule has 2 rings (SSSR count). The molecule has 0 radical (unpaired) electrons. The van der Waals surface area contributed by atoms with Gasteiger partial charge in [0.05, 0.1) is 0 Å². The molecule has 4 heteroatoms. The lowest BCUT2D eigenvalue weighted by atomic mass is 9.78. The van der Waals surface area contributed by atoms with Gasteiger partial charge in [-0.15, -0.1) is 0 Å². The average molecular weight is 296 g/mol. The van der Waals surface area contributed by atoms with Crippen molar-refractivity contribution < 1.29 is 9.53 Å². The number of nitrogens with one attached hydrogen (secondary N) is 2. The average Bonchev–Trinajstić information content (AvgIpc) is 2.26. The number of rotatable bonds is 3. The highest BCUT2D eigenvalue weighted by molar-refractivity contribution is 5.68. The molecule has 0 spiro atoms. The molecule has 21 heavy (non-hydrogen) atoms. The molecule has 3 unspecified atom stereocenters. The zero-order chi connectivity index (χ0) is 15.6. The van der Waals surface area contributed by atoms with E-state index in [2.05, 4.69) is 24.5 Å². The molecule has 0 bridgehead atoms. The number of carbonyl (C=O) groups is 1. The normalized spacial score (nSPS) is 36.7. The SMILES string of the molecule is CC1CCC(NC2CC(NC(=O)OC(C)(C)C)C2)C(C)C1. The van der Waals surface area contributed by atoms with E-state index < -0.39 is 5.60 Å². The Morgan fingerprint density at radius 3 is 2.29 bits per heavy atom. The van der Waals surface area contributed by atoms with Crippen LogP contribution in [0.2, 0.25) is 0 Å². The highest BCUT2D eigenvalue weighted by Crippen LogP contribution is 2.31. The molecule has 2 aliphatic rings. The van der Waals surface area contributed by atoms with Gasteiger partial charge in [0.2, 0.25) is 0 Å². The summed E-state index contributed by atoms with van der Waals surface area (Å²) in [6.07, 6.45) is 5.74. The summed E-state index contributed by atoms with van der Waals surface area (Å²) in [6, 6.07) is 1.50. The van der Waals surface area contributed by atoms with Crippen LogP contribution in [0.5, 0.6) is 0 Å². The Labute approximate surface area is 129 Å². The number of carbonyl (C=O) groups excluding carboxylic acids is 1. The molecule has 3 atom stereocenters. The molecule has 4 nitrogen and oxygen atoms in total. The summed E-state index contributed by atoms with van der Waals surface area (Å²) in [7, 11) is 0. The summed E-state index contributed by atoms with van der Waals surface area (Å²) in [5, 5.41) is 6.74. The lowest BCUT2D eigenvalue weighted by Gasteiger charge is -2.42. The topological polar surface area (TPSA) is 50.4 Å². The molecule has 2 N–H and O–H groups in total. The lowest BCUT2D eigenvalue weighted by Crippen LogP contribution is -2.56. The largest absolute Gasteiger partial charge is 0.444 e. The Morgan fingerprint density at radius 1 is 1.05 bits per heavy atom. The van der Waals surface area contributed by atoms with Crippen molar-refractivity contribution >= 4 is 6.09 Å². The maximum Gasteiger partial charge on any atom is 0.407 e. The fourth-order valence-electron chi connectivity index (χ4n) is 3.56. The van der Waals surface area contributed by atoms with E-state index in [9.17, 15) is 4.79 Å². The second-order valence-corrected chi connectivity index (χ2v) is 8.18. The van der Waals surface area contributed by atoms with Gasteiger partial charge in [0.1, 0.15) is 5.60 Å². The van der Waals surface area contributed by atoms with Crippen LogP contribution < -0.4 is 10.6 Å². The predicted molar refractivity (Wildman–Crippen MR) is 85.3 cm³/mol. The van der Waals surface area contributed by atoms with Gasteiger partial charge in [-0.05, 0) is 64.7 Å². The first-order valence-electron chi connectivity index (χ1n) is 8.48. The van der Waals surface area contributed by atoms with Crippen molar-refractivity contribution in [3.63, 3.8) is 0 Å². The third-order valence-electron chi connectivity index (χ3n) is 4.74. The van der Waals surface area contributed by atoms with Crippen LogP contribution in [0.3, 0.4) is 0 Å². The van der Waals surface area contributed by atoms with Gasteiger partial charge in [0, 0.05) is 18.1 Å². The van der Waals surface area contributed by atoms with Crippen LogP contribution in [-0.4, -0.2) is 29.8 Å². The highest BCUT2D eigenvalue weighted by atomic mass is 16.6. The van der Waals surface area contributed by atoms with Crippen LogP contribution in [0.25, 0.3) is 0 Å². The van der Waals surface area contributed by atoms with Crippen LogP contribution in [-0.2, 0) is 4.74 Å². The zero-order valence-electron chi connectivity index (χ0n) is 14.2. The quantitative estimate of drug-likeness (QED) is 0.838. The zero-order valence-corrected chi connectivity index (χ0v) is 14.2. The summed E-state index contributed by atoms with van der Waals surface area (Å²) in [4.78, 5) is 11.7. The van der Waals surface area contributed by atoms with Crippen molar-refractivity contribution in [2.45, 2.75) is 90.4 Å². The van der Waals surface area contributed by atoms with Crippen molar-refractivity contribution in [3.05, 3.63) is 0 Å². The van der Waals surface area contributed by atoms with Gasteiger partial charge in [0.25, 0.3) is 0 Å². The Kier molecular flexibility index (Phi) is 5.18. The first kappa shape index (κ1) is 16.6. The first-order chi connectivity index (χ1) is 9.73. The maximum absolute atomic E-state index is 11.7. The molecule has 2 saturated carbocycles. The van der Waals surface area contributed by atoms with Crippen LogP contribution in [0, 0.1) is 11.8 Å². The standard InChI is InChI=1S/C17H32N2O2/c1-11-6-7-15(12(2)8-11)18-13-9-14(10-13)19-16(20)21-17(3,4)5/h11-15,18H,6-10H2,1-5H3,(H,19,20). The number of amides is 1. The number of ether oxygens (including phenoxy) is 1. The Balaban J connectivity index is 1.64. The van der Waals surface area contributed by atoms with Gasteiger partial charge in [-0.3, -0.25) is 0 Å². The second kappa shape index (κ2) is 6.55. The van der Waals surface area contributed by atoms with Gasteiger partial charge in [0.15, 0.2) is 0 Å². The number of hydrogen-bond donors (Lipinski definition) is 2. The summed E-state index contributed by atoms with van der Waals surface area (Å²) in [5.41, 5.74) is -0.417. The van der Waals surface area contributed by atoms with E-state index in [1.807, 2.05) is 20.8 Å². The highest BCUT2D eigenvalue weighted by Gasteiger charge is 2.35. The van der Waals surface area contributed by atoms with Gasteiger partial charge in [-0.2, -0.15) is 0 Å². The summed E-state index contributed by atoms with van der Waals surface area (Å²) in [6.45, 7) is 10.4. The van der Waals surface area contributed by atoms with Gasteiger partial charge in [-0.1, -0.05) is 13.8 Å². The van der Waals surface area contributed by atoms with E-state index in [1.165, 1.54) is 19.3 Å². The van der Waals surface area contributed by atoms with Gasteiger partial charge in [-0.25, -0.2) is 4.79 Å². The van der Waals surface area contributed by atoms with Crippen LogP contribution >= 0.6 is 0 Å². The van der Waals surface area contributed by atoms with E-state index in [-0.39, 0.29) is 12.1 Å². The molecule has 0 saturated heterocycles. The van der Waals surface area contributed by atoms with E-state index in [4.69, 9.17) is 4.74 Å². The lowest BCUT2D eigenvalue weighted by molar-refractivity contribution is 0.0457. The molecule has 0 aromatic heterocycles. The molecule has 2 aliphatic carbocycles. The minimum Gasteiger partial charge on any atom is -0.444 e. The predicted octanol–water partition coefficient (Wildman–Crippen LogP) is 3.46. The van der Waals surface area contributed by atoms with E-state index >= 15 is 0 Å². The third kappa shape index (κ3) is 5.17. The van der Waals surface area contributed by atoms with E-state index in [0.717, 1.165) is 24.7 Å². The van der Waals surface area contributed by atoms with Crippen LogP contribution in [0.1, 0.15) is 66.7 Å². The number of alkyl carbamates (subject to hydrolysis) is 1. The van der Waals surface area contributed by atoms with Crippen molar-refractivity contribution in [3.8, 4) is 0 Å². The van der Waals surface area contributed by atoms with Crippen molar-refractivity contribution in [1.29, 1.82) is 0 Å². The van der Waals surface area contributed by atoms with Gasteiger partial charge < -0.3 is 15.4 Å². The molecule has 0 heterocycles. The third-order valence-corrected chi connectivity index (χ3v) is 4.74. The monoisotopic (exact) mass is 296 g/mol. The summed E-state index contributed by atoms with van der Waals surface area (Å²) >= 11 is 0. The molecule has 0 aromatic rings.